The van der Waals surface area contributed by atoms with Crippen molar-refractivity contribution in [3.05, 3.63) is 52.6 Å². The van der Waals surface area contributed by atoms with E-state index in [0.29, 0.717) is 17.7 Å². The number of aromatic nitrogens is 2. The molecule has 90 valence electrons. The minimum atomic E-state index is -0.739. The first kappa shape index (κ1) is 12.1. The quantitative estimate of drug-likeness (QED) is 0.914. The maximum Gasteiger partial charge on any atom is 0.142 e. The van der Waals surface area contributed by atoms with Crippen LogP contribution in [0.15, 0.2) is 30.5 Å². The zero-order valence-electron chi connectivity index (χ0n) is 9.27. The van der Waals surface area contributed by atoms with Crippen LogP contribution in [0.3, 0.4) is 0 Å². The highest BCUT2D eigenvalue weighted by atomic mass is 35.5. The van der Waals surface area contributed by atoms with Gasteiger partial charge in [-0.25, -0.2) is 4.39 Å². The summed E-state index contributed by atoms with van der Waals surface area (Å²) < 4.78 is 14.8. The Labute approximate surface area is 103 Å². The smallest absolute Gasteiger partial charge is 0.142 e. The largest absolute Gasteiger partial charge is 0.386 e. The molecule has 1 unspecified atom stereocenters. The van der Waals surface area contributed by atoms with Crippen LogP contribution >= 0.6 is 11.6 Å². The topological polar surface area (TPSA) is 38.0 Å². The minimum absolute atomic E-state index is 0.0843. The van der Waals surface area contributed by atoms with Crippen LogP contribution in [-0.4, -0.2) is 14.9 Å². The summed E-state index contributed by atoms with van der Waals surface area (Å²) in [5, 5.41) is 14.1. The van der Waals surface area contributed by atoms with Gasteiger partial charge in [-0.2, -0.15) is 5.10 Å². The van der Waals surface area contributed by atoms with Gasteiger partial charge in [0.25, 0.3) is 0 Å². The second kappa shape index (κ2) is 4.85. The van der Waals surface area contributed by atoms with Crippen molar-refractivity contribution in [2.75, 3.05) is 0 Å². The van der Waals surface area contributed by atoms with E-state index in [1.54, 1.807) is 30.1 Å². The fraction of sp³-hybridized carbons (Fsp3) is 0.250. The first-order valence-electron chi connectivity index (χ1n) is 5.18. The van der Waals surface area contributed by atoms with Gasteiger partial charge in [-0.1, -0.05) is 17.7 Å². The molecular formula is C12H12ClFN2O. The fourth-order valence-electron chi connectivity index (χ4n) is 1.61. The van der Waals surface area contributed by atoms with E-state index in [4.69, 9.17) is 11.6 Å². The van der Waals surface area contributed by atoms with Gasteiger partial charge in [-0.05, 0) is 23.8 Å². The predicted molar refractivity (Wildman–Crippen MR) is 63.3 cm³/mol. The molecule has 0 aliphatic rings. The average molecular weight is 255 g/mol. The molecule has 2 rings (SSSR count). The second-order valence-corrected chi connectivity index (χ2v) is 4.29. The van der Waals surface area contributed by atoms with Gasteiger partial charge in [0.05, 0.1) is 10.7 Å². The summed E-state index contributed by atoms with van der Waals surface area (Å²) in [7, 11) is 1.78. The number of benzene rings is 1. The van der Waals surface area contributed by atoms with Gasteiger partial charge < -0.3 is 5.11 Å². The third kappa shape index (κ3) is 2.84. The molecule has 1 N–H and O–H groups in total. The molecule has 17 heavy (non-hydrogen) atoms. The number of aliphatic hydroxyl groups excluding tert-OH is 1. The highest BCUT2D eigenvalue weighted by Gasteiger charge is 2.12. The Bertz CT molecular complexity index is 527. The molecular weight excluding hydrogens is 243 g/mol. The Morgan fingerprint density at radius 1 is 1.47 bits per heavy atom. The Balaban J connectivity index is 2.12. The Hall–Kier alpha value is -1.39. The molecule has 2 aromatic rings. The molecule has 0 saturated carbocycles. The summed E-state index contributed by atoms with van der Waals surface area (Å²) in [6, 6.07) is 6.24. The van der Waals surface area contributed by atoms with E-state index in [0.717, 1.165) is 0 Å². The first-order chi connectivity index (χ1) is 8.06. The summed E-state index contributed by atoms with van der Waals surface area (Å²) in [6.07, 6.45) is 1.32. The average Bonchev–Trinajstić information content (AvgIpc) is 2.70. The number of hydrogen-bond acceptors (Lipinski definition) is 2. The van der Waals surface area contributed by atoms with Gasteiger partial charge in [0.2, 0.25) is 0 Å². The van der Waals surface area contributed by atoms with E-state index in [1.807, 2.05) is 0 Å². The Kier molecular flexibility index (Phi) is 3.45. The molecule has 0 aliphatic heterocycles. The molecule has 0 aliphatic carbocycles. The lowest BCUT2D eigenvalue weighted by molar-refractivity contribution is 0.172. The SMILES string of the molecule is Cn1ccc(C(O)Cc2ccc(Cl)c(F)c2)n1. The lowest BCUT2D eigenvalue weighted by atomic mass is 10.1. The number of nitrogens with zero attached hydrogens (tertiary/aromatic N) is 2. The van der Waals surface area contributed by atoms with E-state index in [2.05, 4.69) is 5.10 Å². The predicted octanol–water partition coefficient (Wildman–Crippen LogP) is 2.49. The summed E-state index contributed by atoms with van der Waals surface area (Å²) in [6.45, 7) is 0. The van der Waals surface area contributed by atoms with Crippen LogP contribution in [0.2, 0.25) is 5.02 Å². The summed E-state index contributed by atoms with van der Waals surface area (Å²) >= 11 is 5.58. The molecule has 1 aromatic carbocycles. The van der Waals surface area contributed by atoms with Crippen molar-refractivity contribution in [3.8, 4) is 0 Å². The molecule has 3 nitrogen and oxygen atoms in total. The number of rotatable bonds is 3. The minimum Gasteiger partial charge on any atom is -0.386 e. The van der Waals surface area contributed by atoms with E-state index >= 15 is 0 Å². The number of aryl methyl sites for hydroxylation is 1. The number of hydrogen-bond donors (Lipinski definition) is 1. The first-order valence-corrected chi connectivity index (χ1v) is 5.55. The van der Waals surface area contributed by atoms with Crippen LogP contribution in [0.1, 0.15) is 17.4 Å². The van der Waals surface area contributed by atoms with E-state index in [1.165, 1.54) is 12.1 Å². The van der Waals surface area contributed by atoms with Crippen LogP contribution < -0.4 is 0 Å². The lowest BCUT2D eigenvalue weighted by Gasteiger charge is -2.08. The normalized spacial score (nSPS) is 12.7. The van der Waals surface area contributed by atoms with Crippen molar-refractivity contribution >= 4 is 11.6 Å². The monoisotopic (exact) mass is 254 g/mol. The summed E-state index contributed by atoms with van der Waals surface area (Å²) in [5.74, 6) is -0.475. The number of halogens is 2. The molecule has 5 heteroatoms. The van der Waals surface area contributed by atoms with Crippen molar-refractivity contribution in [3.63, 3.8) is 0 Å². The molecule has 0 fully saturated rings. The fourth-order valence-corrected chi connectivity index (χ4v) is 1.72. The van der Waals surface area contributed by atoms with Gasteiger partial charge in [0.1, 0.15) is 11.9 Å². The molecule has 0 radical (unpaired) electrons. The van der Waals surface area contributed by atoms with Crippen LogP contribution in [0.5, 0.6) is 0 Å². The van der Waals surface area contributed by atoms with Gasteiger partial charge >= 0.3 is 0 Å². The van der Waals surface area contributed by atoms with Crippen LogP contribution in [-0.2, 0) is 13.5 Å². The highest BCUT2D eigenvalue weighted by Crippen LogP contribution is 2.20. The van der Waals surface area contributed by atoms with Crippen molar-refractivity contribution in [1.29, 1.82) is 0 Å². The van der Waals surface area contributed by atoms with Crippen LogP contribution in [0.25, 0.3) is 0 Å². The maximum absolute atomic E-state index is 13.2. The van der Waals surface area contributed by atoms with Gasteiger partial charge in [0.15, 0.2) is 0 Å². The van der Waals surface area contributed by atoms with E-state index in [-0.39, 0.29) is 5.02 Å². The summed E-state index contributed by atoms with van der Waals surface area (Å²) in [5.41, 5.74) is 1.26. The molecule has 0 saturated heterocycles. The van der Waals surface area contributed by atoms with Gasteiger partial charge in [-0.15, -0.1) is 0 Å². The van der Waals surface area contributed by atoms with Crippen molar-refractivity contribution in [2.24, 2.45) is 7.05 Å². The molecule has 0 amide bonds. The Morgan fingerprint density at radius 2 is 2.24 bits per heavy atom. The third-order valence-corrected chi connectivity index (χ3v) is 2.80. The van der Waals surface area contributed by atoms with E-state index in [9.17, 15) is 9.50 Å². The molecule has 0 spiro atoms. The standard InChI is InChI=1S/C12H12ClFN2O/c1-16-5-4-11(15-16)12(17)7-8-2-3-9(13)10(14)6-8/h2-6,12,17H,7H2,1H3. The zero-order valence-corrected chi connectivity index (χ0v) is 10.0. The highest BCUT2D eigenvalue weighted by molar-refractivity contribution is 6.30. The summed E-state index contributed by atoms with van der Waals surface area (Å²) in [4.78, 5) is 0. The molecule has 1 atom stereocenters. The molecule has 1 aromatic heterocycles. The van der Waals surface area contributed by atoms with E-state index < -0.39 is 11.9 Å². The molecule has 0 bridgehead atoms. The van der Waals surface area contributed by atoms with Crippen molar-refractivity contribution in [1.82, 2.24) is 9.78 Å². The molecule has 1 heterocycles. The van der Waals surface area contributed by atoms with Crippen LogP contribution in [0.4, 0.5) is 4.39 Å². The number of aliphatic hydroxyl groups is 1. The van der Waals surface area contributed by atoms with Crippen molar-refractivity contribution < 1.29 is 9.50 Å². The van der Waals surface area contributed by atoms with Gasteiger partial charge in [-0.3, -0.25) is 4.68 Å². The van der Waals surface area contributed by atoms with Gasteiger partial charge in [0, 0.05) is 19.7 Å². The second-order valence-electron chi connectivity index (χ2n) is 3.88. The third-order valence-electron chi connectivity index (χ3n) is 2.49. The lowest BCUT2D eigenvalue weighted by Crippen LogP contribution is -2.04. The maximum atomic E-state index is 13.2. The van der Waals surface area contributed by atoms with Crippen molar-refractivity contribution in [2.45, 2.75) is 12.5 Å². The van der Waals surface area contributed by atoms with Crippen LogP contribution in [0, 0.1) is 5.82 Å². The zero-order chi connectivity index (χ0) is 12.4. The Morgan fingerprint density at radius 3 is 2.82 bits per heavy atom.